The molecule has 35 heavy (non-hydrogen) atoms. The van der Waals surface area contributed by atoms with Gasteiger partial charge >= 0.3 is 18.3 Å². The van der Waals surface area contributed by atoms with Crippen molar-refractivity contribution in [2.75, 3.05) is 6.54 Å². The fraction of sp³-hybridized carbons (Fsp3) is 0.519. The van der Waals surface area contributed by atoms with Crippen molar-refractivity contribution in [3.05, 3.63) is 42.0 Å². The molecule has 0 bridgehead atoms. The molecule has 0 fully saturated rings. The van der Waals surface area contributed by atoms with E-state index in [0.29, 0.717) is 5.56 Å². The molecule has 0 aliphatic heterocycles. The number of carbonyl (C=O) groups is 3. The summed E-state index contributed by atoms with van der Waals surface area (Å²) < 4.78 is 21.7. The third kappa shape index (κ3) is 9.47. The number of amides is 2. The summed E-state index contributed by atoms with van der Waals surface area (Å²) in [5.74, 6) is 0.284. The lowest BCUT2D eigenvalue weighted by atomic mass is 10.0. The molecule has 0 heterocycles. The molecule has 0 radical (unpaired) electrons. The van der Waals surface area contributed by atoms with Crippen LogP contribution in [0.4, 0.5) is 14.4 Å². The van der Waals surface area contributed by atoms with Crippen molar-refractivity contribution in [2.24, 2.45) is 0 Å². The Morgan fingerprint density at radius 1 is 0.714 bits per heavy atom. The molecule has 2 amide bonds. The molecule has 2 aromatic rings. The fourth-order valence-electron chi connectivity index (χ4n) is 3.04. The average molecular weight is 488 g/mol. The summed E-state index contributed by atoms with van der Waals surface area (Å²) in [6, 6.07) is 11.2. The van der Waals surface area contributed by atoms with Gasteiger partial charge in [0.1, 0.15) is 22.6 Å². The summed E-state index contributed by atoms with van der Waals surface area (Å²) >= 11 is 0. The highest BCUT2D eigenvalue weighted by molar-refractivity contribution is 5.88. The Kier molecular flexibility index (Phi) is 8.42. The van der Waals surface area contributed by atoms with Gasteiger partial charge in [-0.2, -0.15) is 0 Å². The number of hydrogen-bond donors (Lipinski definition) is 0. The maximum absolute atomic E-state index is 12.8. The molecule has 2 rings (SSSR count). The largest absolute Gasteiger partial charge is 0.514 e. The molecule has 8 heteroatoms. The molecule has 0 spiro atoms. The predicted molar refractivity (Wildman–Crippen MR) is 134 cm³/mol. The van der Waals surface area contributed by atoms with Crippen LogP contribution in [0.5, 0.6) is 5.75 Å². The molecule has 0 aromatic heterocycles. The molecule has 0 N–H and O–H groups in total. The van der Waals surface area contributed by atoms with Gasteiger partial charge < -0.3 is 18.9 Å². The summed E-state index contributed by atoms with van der Waals surface area (Å²) in [7, 11) is 0. The Hall–Kier alpha value is -3.29. The Morgan fingerprint density at radius 2 is 1.17 bits per heavy atom. The molecule has 0 atom stereocenters. The normalized spacial score (nSPS) is 12.1. The van der Waals surface area contributed by atoms with Crippen molar-refractivity contribution >= 4 is 29.1 Å². The lowest BCUT2D eigenvalue weighted by molar-refractivity contribution is 0.00129. The van der Waals surface area contributed by atoms with Crippen LogP contribution in [0.3, 0.4) is 0 Å². The van der Waals surface area contributed by atoms with Crippen LogP contribution in [-0.4, -0.2) is 46.6 Å². The maximum atomic E-state index is 12.8. The lowest BCUT2D eigenvalue weighted by Gasteiger charge is -2.28. The SMILES string of the molecule is CC(C)(C)OC(=O)Oc1cc2ccccc2cc1CCN(C(=O)OC(C)(C)C)C(=O)OC(C)(C)C. The van der Waals surface area contributed by atoms with Gasteiger partial charge in [-0.1, -0.05) is 24.3 Å². The van der Waals surface area contributed by atoms with Gasteiger partial charge in [0.25, 0.3) is 0 Å². The standard InChI is InChI=1S/C27H37NO7/c1-25(2,3)33-22(29)28(23(30)34-26(4,5)6)15-14-20-16-18-12-10-11-13-19(18)17-21(20)32-24(31)35-27(7,8)9/h10-13,16-17H,14-15H2,1-9H3. The zero-order valence-electron chi connectivity index (χ0n) is 22.2. The minimum Gasteiger partial charge on any atom is -0.443 e. The van der Waals surface area contributed by atoms with Crippen LogP contribution in [0.1, 0.15) is 67.9 Å². The van der Waals surface area contributed by atoms with Crippen molar-refractivity contribution in [1.82, 2.24) is 4.90 Å². The smallest absolute Gasteiger partial charge is 0.443 e. The summed E-state index contributed by atoms with van der Waals surface area (Å²) in [6.45, 7) is 15.5. The number of ether oxygens (including phenoxy) is 4. The number of benzene rings is 2. The van der Waals surface area contributed by atoms with E-state index in [2.05, 4.69) is 0 Å². The third-order valence-corrected chi connectivity index (χ3v) is 4.34. The summed E-state index contributed by atoms with van der Waals surface area (Å²) in [5, 5.41) is 1.78. The Morgan fingerprint density at radius 3 is 1.63 bits per heavy atom. The van der Waals surface area contributed by atoms with E-state index < -0.39 is 35.1 Å². The number of fused-ring (bicyclic) bond motifs is 1. The molecule has 2 aromatic carbocycles. The predicted octanol–water partition coefficient (Wildman–Crippen LogP) is 6.87. The molecule has 0 unspecified atom stereocenters. The first-order chi connectivity index (χ1) is 15.9. The zero-order valence-corrected chi connectivity index (χ0v) is 22.2. The molecule has 0 aliphatic carbocycles. The van der Waals surface area contributed by atoms with E-state index in [-0.39, 0.29) is 18.7 Å². The summed E-state index contributed by atoms with van der Waals surface area (Å²) in [6.07, 6.45) is -2.28. The second kappa shape index (κ2) is 10.5. The molecule has 8 nitrogen and oxygen atoms in total. The van der Waals surface area contributed by atoms with Crippen molar-refractivity contribution in [2.45, 2.75) is 85.5 Å². The fourth-order valence-corrected chi connectivity index (χ4v) is 3.04. The van der Waals surface area contributed by atoms with E-state index in [1.165, 1.54) is 0 Å². The molecular formula is C27H37NO7. The molecule has 0 saturated heterocycles. The first kappa shape index (κ1) is 28.0. The van der Waals surface area contributed by atoms with Gasteiger partial charge in [0.2, 0.25) is 0 Å². The third-order valence-electron chi connectivity index (χ3n) is 4.34. The molecule has 0 aliphatic rings. The summed E-state index contributed by atoms with van der Waals surface area (Å²) in [4.78, 5) is 39.0. The monoisotopic (exact) mass is 487 g/mol. The van der Waals surface area contributed by atoms with Gasteiger partial charge in [-0.05, 0) is 97.2 Å². The highest BCUT2D eigenvalue weighted by Gasteiger charge is 2.31. The van der Waals surface area contributed by atoms with Crippen molar-refractivity contribution in [3.8, 4) is 5.75 Å². The number of hydrogen-bond acceptors (Lipinski definition) is 7. The van der Waals surface area contributed by atoms with Gasteiger partial charge in [0.15, 0.2) is 0 Å². The van der Waals surface area contributed by atoms with Crippen molar-refractivity contribution in [1.29, 1.82) is 0 Å². The Bertz CT molecular complexity index is 1040. The van der Waals surface area contributed by atoms with E-state index >= 15 is 0 Å². The van der Waals surface area contributed by atoms with Gasteiger partial charge in [0.05, 0.1) is 0 Å². The maximum Gasteiger partial charge on any atom is 0.514 e. The first-order valence-corrected chi connectivity index (χ1v) is 11.6. The van der Waals surface area contributed by atoms with Crippen LogP contribution in [0, 0.1) is 0 Å². The quantitative estimate of drug-likeness (QED) is 0.264. The van der Waals surface area contributed by atoms with Crippen LogP contribution in [0.2, 0.25) is 0 Å². The molecule has 192 valence electrons. The molecule has 0 saturated carbocycles. The van der Waals surface area contributed by atoms with Crippen molar-refractivity contribution in [3.63, 3.8) is 0 Å². The van der Waals surface area contributed by atoms with Crippen LogP contribution < -0.4 is 4.74 Å². The number of nitrogens with zero attached hydrogens (tertiary/aromatic N) is 1. The average Bonchev–Trinajstić information content (AvgIpc) is 2.63. The minimum absolute atomic E-state index is 0.0488. The van der Waals surface area contributed by atoms with E-state index in [4.69, 9.17) is 18.9 Å². The summed E-state index contributed by atoms with van der Waals surface area (Å²) in [5.41, 5.74) is -1.71. The van der Waals surface area contributed by atoms with E-state index in [1.54, 1.807) is 68.4 Å². The number of carbonyl (C=O) groups excluding carboxylic acids is 3. The number of rotatable bonds is 4. The van der Waals surface area contributed by atoms with Gasteiger partial charge in [-0.15, -0.1) is 0 Å². The Labute approximate surface area is 207 Å². The highest BCUT2D eigenvalue weighted by Crippen LogP contribution is 2.28. The van der Waals surface area contributed by atoms with E-state index in [0.717, 1.165) is 15.7 Å². The van der Waals surface area contributed by atoms with Gasteiger partial charge in [-0.25, -0.2) is 19.3 Å². The van der Waals surface area contributed by atoms with Gasteiger partial charge in [-0.3, -0.25) is 0 Å². The van der Waals surface area contributed by atoms with Crippen LogP contribution >= 0.6 is 0 Å². The second-order valence-corrected chi connectivity index (χ2v) is 11.2. The highest BCUT2D eigenvalue weighted by atomic mass is 16.7. The lowest BCUT2D eigenvalue weighted by Crippen LogP contribution is -2.44. The second-order valence-electron chi connectivity index (χ2n) is 11.2. The molecular weight excluding hydrogens is 450 g/mol. The van der Waals surface area contributed by atoms with Crippen LogP contribution in [-0.2, 0) is 20.6 Å². The van der Waals surface area contributed by atoms with E-state index in [1.807, 2.05) is 30.3 Å². The van der Waals surface area contributed by atoms with Crippen molar-refractivity contribution < 1.29 is 33.3 Å². The first-order valence-electron chi connectivity index (χ1n) is 11.6. The van der Waals surface area contributed by atoms with Gasteiger partial charge in [0, 0.05) is 6.54 Å². The topological polar surface area (TPSA) is 91.4 Å². The van der Waals surface area contributed by atoms with E-state index in [9.17, 15) is 14.4 Å². The number of imide groups is 1. The Balaban J connectivity index is 2.37. The van der Waals surface area contributed by atoms with Crippen LogP contribution in [0.25, 0.3) is 10.8 Å². The van der Waals surface area contributed by atoms with Crippen LogP contribution in [0.15, 0.2) is 36.4 Å². The minimum atomic E-state index is -0.842. The zero-order chi connectivity index (χ0) is 26.6.